The Labute approximate surface area is 78.8 Å². The summed E-state index contributed by atoms with van der Waals surface area (Å²) in [5, 5.41) is 0. The molecule has 0 saturated heterocycles. The molecular weight excluding hydrogens is 190 g/mol. The van der Waals surface area contributed by atoms with E-state index in [0.29, 0.717) is 12.8 Å². The van der Waals surface area contributed by atoms with Gasteiger partial charge in [-0.25, -0.2) is 8.42 Å². The van der Waals surface area contributed by atoms with E-state index in [2.05, 4.69) is 5.92 Å². The van der Waals surface area contributed by atoms with Gasteiger partial charge in [-0.05, 0) is 13.3 Å². The lowest BCUT2D eigenvalue weighted by atomic mass is 10.2. The summed E-state index contributed by atoms with van der Waals surface area (Å²) in [5.74, 6) is 1.79. The van der Waals surface area contributed by atoms with E-state index in [1.165, 1.54) is 6.92 Å². The molecular formula is C8H13NO3S. The molecule has 0 fully saturated rings. The van der Waals surface area contributed by atoms with E-state index in [1.807, 2.05) is 4.72 Å². The molecule has 0 radical (unpaired) electrons. The van der Waals surface area contributed by atoms with Crippen molar-refractivity contribution in [3.8, 4) is 12.3 Å². The van der Waals surface area contributed by atoms with E-state index < -0.39 is 15.9 Å². The number of carbonyl (C=O) groups excluding carboxylic acids is 1. The predicted octanol–water partition coefficient (Wildman–Crippen LogP) is 0.256. The first-order valence-electron chi connectivity index (χ1n) is 3.98. The molecule has 4 nitrogen and oxygen atoms in total. The number of terminal acetylenes is 1. The first kappa shape index (κ1) is 12.0. The van der Waals surface area contributed by atoms with Crippen LogP contribution in [0.15, 0.2) is 0 Å². The van der Waals surface area contributed by atoms with Crippen LogP contribution in [0, 0.1) is 12.3 Å². The normalized spacial score (nSPS) is 10.5. The van der Waals surface area contributed by atoms with Gasteiger partial charge in [-0.1, -0.05) is 0 Å². The summed E-state index contributed by atoms with van der Waals surface area (Å²) in [6, 6.07) is 0. The molecule has 0 atom stereocenters. The fourth-order valence-electron chi connectivity index (χ4n) is 0.648. The van der Waals surface area contributed by atoms with Crippen molar-refractivity contribution in [1.82, 2.24) is 4.72 Å². The monoisotopic (exact) mass is 203 g/mol. The quantitative estimate of drug-likeness (QED) is 0.515. The maximum Gasteiger partial charge on any atom is 0.234 e. The topological polar surface area (TPSA) is 63.2 Å². The van der Waals surface area contributed by atoms with Crippen LogP contribution >= 0.6 is 0 Å². The van der Waals surface area contributed by atoms with E-state index in [-0.39, 0.29) is 12.2 Å². The molecule has 0 unspecified atom stereocenters. The van der Waals surface area contributed by atoms with Crippen LogP contribution in [-0.4, -0.2) is 20.1 Å². The van der Waals surface area contributed by atoms with Crippen molar-refractivity contribution in [1.29, 1.82) is 0 Å². The lowest BCUT2D eigenvalue weighted by Gasteiger charge is -2.02. The molecule has 0 spiro atoms. The average Bonchev–Trinajstić information content (AvgIpc) is 2.04. The summed E-state index contributed by atoms with van der Waals surface area (Å²) in [6.07, 6.45) is 6.13. The van der Waals surface area contributed by atoms with E-state index in [9.17, 15) is 13.2 Å². The van der Waals surface area contributed by atoms with Crippen LogP contribution in [-0.2, 0) is 14.8 Å². The minimum absolute atomic E-state index is 0.0894. The maximum atomic E-state index is 10.9. The van der Waals surface area contributed by atoms with Crippen molar-refractivity contribution < 1.29 is 13.2 Å². The summed E-state index contributed by atoms with van der Waals surface area (Å²) in [6.45, 7) is 1.47. The third kappa shape index (κ3) is 6.17. The zero-order chi connectivity index (χ0) is 10.3. The molecule has 0 saturated carbocycles. The lowest BCUT2D eigenvalue weighted by molar-refractivity contribution is -0.119. The second-order valence-corrected chi connectivity index (χ2v) is 4.50. The molecule has 5 heteroatoms. The molecule has 1 N–H and O–H groups in total. The summed E-state index contributed by atoms with van der Waals surface area (Å²) >= 11 is 0. The Kier molecular flexibility index (Phi) is 5.16. The summed E-state index contributed by atoms with van der Waals surface area (Å²) < 4.78 is 23.7. The Bertz CT molecular complexity index is 300. The average molecular weight is 203 g/mol. The summed E-state index contributed by atoms with van der Waals surface area (Å²) in [5.41, 5.74) is 0. The molecule has 74 valence electrons. The van der Waals surface area contributed by atoms with Gasteiger partial charge in [-0.2, -0.15) is 0 Å². The highest BCUT2D eigenvalue weighted by atomic mass is 32.2. The predicted molar refractivity (Wildman–Crippen MR) is 50.3 cm³/mol. The Hall–Kier alpha value is -1.02. The first-order valence-corrected chi connectivity index (χ1v) is 5.64. The number of amides is 1. The number of rotatable bonds is 5. The van der Waals surface area contributed by atoms with E-state index in [0.717, 1.165) is 0 Å². The molecule has 0 aliphatic heterocycles. The van der Waals surface area contributed by atoms with E-state index >= 15 is 0 Å². The van der Waals surface area contributed by atoms with Crippen molar-refractivity contribution in [2.45, 2.75) is 26.2 Å². The van der Waals surface area contributed by atoms with Gasteiger partial charge in [0.1, 0.15) is 0 Å². The summed E-state index contributed by atoms with van der Waals surface area (Å²) in [4.78, 5) is 10.9. The third-order valence-electron chi connectivity index (χ3n) is 1.37. The van der Waals surface area contributed by atoms with Crippen LogP contribution in [0.3, 0.4) is 0 Å². The Morgan fingerprint density at radius 1 is 1.54 bits per heavy atom. The Morgan fingerprint density at radius 2 is 2.15 bits per heavy atom. The van der Waals surface area contributed by atoms with Crippen LogP contribution in [0.5, 0.6) is 0 Å². The molecule has 0 aromatic rings. The number of unbranched alkanes of at least 4 members (excludes halogenated alkanes) is 1. The molecule has 0 bridgehead atoms. The number of sulfonamides is 1. The van der Waals surface area contributed by atoms with Gasteiger partial charge in [-0.15, -0.1) is 12.3 Å². The van der Waals surface area contributed by atoms with Gasteiger partial charge < -0.3 is 0 Å². The lowest BCUT2D eigenvalue weighted by Crippen LogP contribution is -2.31. The van der Waals surface area contributed by atoms with Gasteiger partial charge in [0.25, 0.3) is 0 Å². The van der Waals surface area contributed by atoms with Gasteiger partial charge in [-0.3, -0.25) is 9.52 Å². The number of hydrogen-bond acceptors (Lipinski definition) is 3. The molecule has 0 aromatic heterocycles. The van der Waals surface area contributed by atoms with Gasteiger partial charge in [0.2, 0.25) is 15.9 Å². The largest absolute Gasteiger partial charge is 0.274 e. The Morgan fingerprint density at radius 3 is 2.62 bits per heavy atom. The van der Waals surface area contributed by atoms with Gasteiger partial charge in [0.05, 0.1) is 5.75 Å². The van der Waals surface area contributed by atoms with E-state index in [1.54, 1.807) is 0 Å². The molecule has 0 aliphatic rings. The highest BCUT2D eigenvalue weighted by Crippen LogP contribution is 1.94. The zero-order valence-electron chi connectivity index (χ0n) is 7.54. The number of hydrogen-bond donors (Lipinski definition) is 1. The number of carbonyl (C=O) groups is 1. The van der Waals surface area contributed by atoms with Crippen molar-refractivity contribution in [3.63, 3.8) is 0 Å². The van der Waals surface area contributed by atoms with Crippen molar-refractivity contribution in [2.24, 2.45) is 0 Å². The number of nitrogens with one attached hydrogen (secondary N) is 1. The molecule has 13 heavy (non-hydrogen) atoms. The van der Waals surface area contributed by atoms with Gasteiger partial charge >= 0.3 is 0 Å². The summed E-state index contributed by atoms with van der Waals surface area (Å²) in [7, 11) is -3.41. The SMILES string of the molecule is C#CCCCC(=O)NS(=O)(=O)CC. The Balaban J connectivity index is 3.84. The molecule has 0 aliphatic carbocycles. The second kappa shape index (κ2) is 5.60. The zero-order valence-corrected chi connectivity index (χ0v) is 8.36. The fraction of sp³-hybridized carbons (Fsp3) is 0.625. The van der Waals surface area contributed by atoms with Crippen LogP contribution < -0.4 is 4.72 Å². The molecule has 0 heterocycles. The minimum Gasteiger partial charge on any atom is -0.274 e. The molecule has 0 rings (SSSR count). The fourth-order valence-corrected chi connectivity index (χ4v) is 1.24. The standard InChI is InChI=1S/C8H13NO3S/c1-3-5-6-7-8(10)9-13(11,12)4-2/h1H,4-7H2,2H3,(H,9,10). The third-order valence-corrected chi connectivity index (χ3v) is 2.67. The molecule has 1 amide bonds. The maximum absolute atomic E-state index is 10.9. The van der Waals surface area contributed by atoms with E-state index in [4.69, 9.17) is 6.42 Å². The second-order valence-electron chi connectivity index (χ2n) is 2.49. The van der Waals surface area contributed by atoms with Crippen molar-refractivity contribution >= 4 is 15.9 Å². The molecule has 0 aromatic carbocycles. The van der Waals surface area contributed by atoms with Crippen LogP contribution in [0.25, 0.3) is 0 Å². The smallest absolute Gasteiger partial charge is 0.234 e. The highest BCUT2D eigenvalue weighted by Gasteiger charge is 2.10. The van der Waals surface area contributed by atoms with Crippen molar-refractivity contribution in [3.05, 3.63) is 0 Å². The van der Waals surface area contributed by atoms with Crippen LogP contribution in [0.2, 0.25) is 0 Å². The highest BCUT2D eigenvalue weighted by molar-refractivity contribution is 7.90. The van der Waals surface area contributed by atoms with Crippen LogP contribution in [0.4, 0.5) is 0 Å². The van der Waals surface area contributed by atoms with Crippen LogP contribution in [0.1, 0.15) is 26.2 Å². The minimum atomic E-state index is -3.41. The first-order chi connectivity index (χ1) is 6.02. The van der Waals surface area contributed by atoms with Crippen molar-refractivity contribution in [2.75, 3.05) is 5.75 Å². The van der Waals surface area contributed by atoms with Gasteiger partial charge in [0.15, 0.2) is 0 Å². The van der Waals surface area contributed by atoms with Gasteiger partial charge in [0, 0.05) is 12.8 Å².